The maximum atomic E-state index is 7.98. The Morgan fingerprint density at radius 3 is 3.00 bits per heavy atom. The lowest BCUT2D eigenvalue weighted by molar-refractivity contribution is -0.497. The van der Waals surface area contributed by atoms with Crippen molar-refractivity contribution in [2.75, 3.05) is 6.54 Å². The molecular formula is C5H7BN2. The summed E-state index contributed by atoms with van der Waals surface area (Å²) in [7, 11) is 1.43. The number of hydrogen-bond acceptors (Lipinski definition) is 1. The fourth-order valence-corrected chi connectivity index (χ4v) is 0.273. The zero-order valence-corrected chi connectivity index (χ0v) is 4.81. The van der Waals surface area contributed by atoms with Crippen LogP contribution in [0.4, 0.5) is 0 Å². The van der Waals surface area contributed by atoms with Crippen LogP contribution in [0, 0.1) is 23.1 Å². The van der Waals surface area contributed by atoms with Gasteiger partial charge in [-0.25, -0.2) is 5.26 Å². The summed E-state index contributed by atoms with van der Waals surface area (Å²) in [5.74, 6) is 7.39. The summed E-state index contributed by atoms with van der Waals surface area (Å²) in [6.07, 6.45) is 0. The summed E-state index contributed by atoms with van der Waals surface area (Å²) >= 11 is 0. The number of nitrogens with zero attached hydrogens (tertiary/aromatic N) is 1. The van der Waals surface area contributed by atoms with E-state index in [0.717, 1.165) is 0 Å². The summed E-state index contributed by atoms with van der Waals surface area (Å²) in [5, 5.41) is 9.71. The van der Waals surface area contributed by atoms with Gasteiger partial charge >= 0.3 is 0 Å². The minimum Gasteiger partial charge on any atom is -0.559 e. The van der Waals surface area contributed by atoms with Crippen LogP contribution in [0.15, 0.2) is 0 Å². The quantitative estimate of drug-likeness (QED) is 0.264. The van der Waals surface area contributed by atoms with E-state index in [0.29, 0.717) is 6.54 Å². The van der Waals surface area contributed by atoms with Gasteiger partial charge in [0.15, 0.2) is 0 Å². The first-order chi connectivity index (χ1) is 3.91. The lowest BCUT2D eigenvalue weighted by atomic mass is 9.99. The largest absolute Gasteiger partial charge is 0.559 e. The average molecular weight is 106 g/mol. The van der Waals surface area contributed by atoms with E-state index < -0.39 is 0 Å². The second-order valence-corrected chi connectivity index (χ2v) is 1.16. The molecule has 0 aromatic heterocycles. The highest BCUT2D eigenvalue weighted by Gasteiger charge is 1.67. The molecule has 0 saturated heterocycles. The SMILES string of the molecule is CC#CC[NH2+][B-]C#N. The Morgan fingerprint density at radius 1 is 1.75 bits per heavy atom. The molecule has 0 rings (SSSR count). The van der Waals surface area contributed by atoms with Crippen molar-refractivity contribution in [3.05, 3.63) is 0 Å². The van der Waals surface area contributed by atoms with Crippen LogP contribution in [0.5, 0.6) is 0 Å². The molecule has 0 aliphatic rings. The summed E-state index contributed by atoms with van der Waals surface area (Å²) in [5.41, 5.74) is 0. The molecule has 40 valence electrons. The van der Waals surface area contributed by atoms with Crippen molar-refractivity contribution < 1.29 is 5.23 Å². The highest BCUT2D eigenvalue weighted by atomic mass is 14.7. The van der Waals surface area contributed by atoms with Crippen LogP contribution in [0.3, 0.4) is 0 Å². The van der Waals surface area contributed by atoms with Crippen molar-refractivity contribution in [3.8, 4) is 17.8 Å². The third kappa shape index (κ3) is 5.07. The molecule has 0 aromatic rings. The monoisotopic (exact) mass is 106 g/mol. The number of nitrogens with two attached hydrogens (primary N) is 1. The molecule has 0 atom stereocenters. The molecule has 0 fully saturated rings. The van der Waals surface area contributed by atoms with E-state index >= 15 is 0 Å². The van der Waals surface area contributed by atoms with Crippen LogP contribution in [0.1, 0.15) is 6.92 Å². The van der Waals surface area contributed by atoms with E-state index in [2.05, 4.69) is 11.8 Å². The van der Waals surface area contributed by atoms with E-state index in [1.165, 1.54) is 7.41 Å². The van der Waals surface area contributed by atoms with Gasteiger partial charge in [-0.15, -0.1) is 11.9 Å². The van der Waals surface area contributed by atoms with Crippen LogP contribution in [-0.2, 0) is 0 Å². The van der Waals surface area contributed by atoms with Crippen molar-refractivity contribution in [1.29, 1.82) is 5.26 Å². The first kappa shape index (κ1) is 7.07. The summed E-state index contributed by atoms with van der Waals surface area (Å²) in [4.78, 5) is 0. The number of hydrogen-bond donors (Lipinski definition) is 1. The van der Waals surface area contributed by atoms with Gasteiger partial charge in [-0.05, 0) is 12.8 Å². The van der Waals surface area contributed by atoms with Gasteiger partial charge in [-0.2, -0.15) is 0 Å². The Hall–Kier alpha value is -0.925. The number of rotatable bonds is 2. The normalized spacial score (nSPS) is 6.50. The highest BCUT2D eigenvalue weighted by Crippen LogP contribution is 1.41. The topological polar surface area (TPSA) is 40.4 Å². The molecule has 0 amide bonds. The molecule has 0 spiro atoms. The smallest absolute Gasteiger partial charge is 0.124 e. The standard InChI is InChI=1S/C5H7BN2/c1-2-3-4-8-6-5-7/h4,8H2,1H3. The summed E-state index contributed by atoms with van der Waals surface area (Å²) in [6, 6.07) is 0. The maximum Gasteiger partial charge on any atom is 0.124 e. The third-order valence-electron chi connectivity index (χ3n) is 0.589. The van der Waals surface area contributed by atoms with Gasteiger partial charge in [0.1, 0.15) is 7.41 Å². The average Bonchev–Trinajstić information content (AvgIpc) is 1.81. The Balaban J connectivity index is 2.93. The lowest BCUT2D eigenvalue weighted by Crippen LogP contribution is -2.86. The van der Waals surface area contributed by atoms with Gasteiger partial charge in [-0.1, -0.05) is 0 Å². The molecule has 0 bridgehead atoms. The Labute approximate surface area is 50.2 Å². The summed E-state index contributed by atoms with van der Waals surface area (Å²) < 4.78 is 0. The number of quaternary nitrogens is 1. The molecule has 2 N–H and O–H groups in total. The first-order valence-electron chi connectivity index (χ1n) is 2.36. The van der Waals surface area contributed by atoms with Crippen molar-refractivity contribution in [3.63, 3.8) is 0 Å². The van der Waals surface area contributed by atoms with Gasteiger partial charge in [0, 0.05) is 0 Å². The molecule has 3 heteroatoms. The van der Waals surface area contributed by atoms with E-state index in [1.807, 2.05) is 5.97 Å². The molecule has 8 heavy (non-hydrogen) atoms. The van der Waals surface area contributed by atoms with Crippen molar-refractivity contribution in [2.24, 2.45) is 0 Å². The fraction of sp³-hybridized carbons (Fsp3) is 0.400. The molecule has 0 aliphatic carbocycles. The fourth-order valence-electron chi connectivity index (χ4n) is 0.273. The van der Waals surface area contributed by atoms with Crippen molar-refractivity contribution in [2.45, 2.75) is 6.92 Å². The maximum absolute atomic E-state index is 7.98. The van der Waals surface area contributed by atoms with Crippen LogP contribution >= 0.6 is 0 Å². The van der Waals surface area contributed by atoms with Crippen LogP contribution in [0.2, 0.25) is 0 Å². The number of nitriles is 1. The van der Waals surface area contributed by atoms with Crippen molar-refractivity contribution >= 4 is 7.41 Å². The minimum atomic E-state index is 0.685. The predicted octanol–water partition coefficient (Wildman–Crippen LogP) is -1.33. The van der Waals surface area contributed by atoms with Gasteiger partial charge < -0.3 is 5.23 Å². The van der Waals surface area contributed by atoms with Gasteiger partial charge in [0.25, 0.3) is 0 Å². The first-order valence-corrected chi connectivity index (χ1v) is 2.36. The van der Waals surface area contributed by atoms with Crippen LogP contribution in [0.25, 0.3) is 0 Å². The minimum absolute atomic E-state index is 0.685. The Kier molecular flexibility index (Phi) is 5.37. The van der Waals surface area contributed by atoms with Crippen LogP contribution < -0.4 is 5.23 Å². The molecule has 0 aliphatic heterocycles. The molecule has 0 unspecified atom stereocenters. The molecule has 2 nitrogen and oxygen atoms in total. The molecular weight excluding hydrogens is 98.9 g/mol. The van der Waals surface area contributed by atoms with Crippen LogP contribution in [-0.4, -0.2) is 14.0 Å². The second kappa shape index (κ2) is 6.07. The molecule has 0 heterocycles. The second-order valence-electron chi connectivity index (χ2n) is 1.16. The van der Waals surface area contributed by atoms with Crippen molar-refractivity contribution in [1.82, 2.24) is 0 Å². The van der Waals surface area contributed by atoms with E-state index in [1.54, 1.807) is 12.2 Å². The zero-order valence-electron chi connectivity index (χ0n) is 4.81. The zero-order chi connectivity index (χ0) is 6.24. The summed E-state index contributed by atoms with van der Waals surface area (Å²) in [6.45, 7) is 2.46. The third-order valence-corrected chi connectivity index (χ3v) is 0.589. The van der Waals surface area contributed by atoms with Gasteiger partial charge in [-0.3, -0.25) is 0 Å². The molecule has 0 aromatic carbocycles. The highest BCUT2D eigenvalue weighted by molar-refractivity contribution is 6.34. The lowest BCUT2D eigenvalue weighted by Gasteiger charge is -1.95. The van der Waals surface area contributed by atoms with Gasteiger partial charge in [0.05, 0.1) is 6.54 Å². The predicted molar refractivity (Wildman–Crippen MR) is 31.6 cm³/mol. The van der Waals surface area contributed by atoms with Gasteiger partial charge in [0.2, 0.25) is 0 Å². The van der Waals surface area contributed by atoms with E-state index in [4.69, 9.17) is 5.26 Å². The van der Waals surface area contributed by atoms with E-state index in [-0.39, 0.29) is 0 Å². The molecule has 2 radical (unpaired) electrons. The Bertz CT molecular complexity index is 137. The molecule has 0 saturated carbocycles. The van der Waals surface area contributed by atoms with E-state index in [9.17, 15) is 0 Å². The Morgan fingerprint density at radius 2 is 2.50 bits per heavy atom.